The van der Waals surface area contributed by atoms with Crippen LogP contribution in [0.1, 0.15) is 43.6 Å². The Balaban J connectivity index is 2.98. The van der Waals surface area contributed by atoms with Crippen molar-refractivity contribution in [2.24, 2.45) is 5.73 Å². The molecule has 0 unspecified atom stereocenters. The van der Waals surface area contributed by atoms with E-state index in [2.05, 4.69) is 32.6 Å². The maximum atomic E-state index is 11.3. The zero-order chi connectivity index (χ0) is 13.1. The Labute approximate surface area is 104 Å². The van der Waals surface area contributed by atoms with Gasteiger partial charge in [0.05, 0.1) is 0 Å². The first kappa shape index (κ1) is 13.7. The Morgan fingerprint density at radius 1 is 1.29 bits per heavy atom. The molecule has 3 heteroatoms. The smallest absolute Gasteiger partial charge is 0.249 e. The number of rotatable bonds is 4. The van der Waals surface area contributed by atoms with Crippen molar-refractivity contribution in [3.05, 3.63) is 35.4 Å². The van der Waals surface area contributed by atoms with Crippen LogP contribution in [-0.2, 0) is 6.54 Å². The predicted molar refractivity (Wildman–Crippen MR) is 70.8 cm³/mol. The zero-order valence-electron chi connectivity index (χ0n) is 11.2. The van der Waals surface area contributed by atoms with Crippen LogP contribution in [0.5, 0.6) is 0 Å². The third kappa shape index (κ3) is 3.56. The van der Waals surface area contributed by atoms with Crippen LogP contribution >= 0.6 is 0 Å². The molecule has 1 aromatic carbocycles. The maximum absolute atomic E-state index is 11.3. The maximum Gasteiger partial charge on any atom is 0.249 e. The molecule has 0 aliphatic carbocycles. The zero-order valence-corrected chi connectivity index (χ0v) is 11.2. The van der Waals surface area contributed by atoms with Gasteiger partial charge in [0, 0.05) is 17.6 Å². The third-order valence-electron chi connectivity index (χ3n) is 2.97. The average Bonchev–Trinajstić information content (AvgIpc) is 2.24. The van der Waals surface area contributed by atoms with E-state index >= 15 is 0 Å². The Bertz CT molecular complexity index is 393. The number of amides is 1. The second kappa shape index (κ2) is 5.32. The number of carbonyl (C=O) groups excluding carboxylic acids is 1. The molecule has 1 rings (SSSR count). The molecule has 0 saturated carbocycles. The number of hydrogen-bond acceptors (Lipinski definition) is 2. The Morgan fingerprint density at radius 3 is 2.35 bits per heavy atom. The molecule has 0 saturated heterocycles. The van der Waals surface area contributed by atoms with Gasteiger partial charge in [-0.2, -0.15) is 0 Å². The topological polar surface area (TPSA) is 46.3 Å². The van der Waals surface area contributed by atoms with Gasteiger partial charge in [-0.3, -0.25) is 9.69 Å². The third-order valence-corrected chi connectivity index (χ3v) is 2.97. The molecule has 0 radical (unpaired) electrons. The van der Waals surface area contributed by atoms with Gasteiger partial charge in [0.25, 0.3) is 0 Å². The summed E-state index contributed by atoms with van der Waals surface area (Å²) in [5, 5.41) is 0. The molecule has 0 fully saturated rings. The summed E-state index contributed by atoms with van der Waals surface area (Å²) in [4.78, 5) is 13.7. The Hall–Kier alpha value is -1.35. The fourth-order valence-electron chi connectivity index (χ4n) is 1.93. The molecule has 0 aliphatic rings. The summed E-state index contributed by atoms with van der Waals surface area (Å²) in [6.45, 7) is 10.3. The van der Waals surface area contributed by atoms with Gasteiger partial charge in [-0.05, 0) is 38.9 Å². The largest absolute Gasteiger partial charge is 0.366 e. The van der Waals surface area contributed by atoms with Crippen LogP contribution < -0.4 is 5.73 Å². The molecule has 94 valence electrons. The summed E-state index contributed by atoms with van der Waals surface area (Å²) in [5.74, 6) is -0.356. The summed E-state index contributed by atoms with van der Waals surface area (Å²) < 4.78 is 0. The fraction of sp³-hybridized carbons (Fsp3) is 0.500. The molecule has 2 N–H and O–H groups in total. The Kier molecular flexibility index (Phi) is 4.29. The van der Waals surface area contributed by atoms with E-state index in [0.717, 1.165) is 18.7 Å². The van der Waals surface area contributed by atoms with Gasteiger partial charge >= 0.3 is 0 Å². The van der Waals surface area contributed by atoms with Crippen LogP contribution in [0.25, 0.3) is 0 Å². The molecule has 0 spiro atoms. The minimum Gasteiger partial charge on any atom is -0.366 e. The molecular weight excluding hydrogens is 212 g/mol. The van der Waals surface area contributed by atoms with Crippen molar-refractivity contribution in [1.29, 1.82) is 0 Å². The molecular formula is C14H22N2O. The van der Waals surface area contributed by atoms with Crippen LogP contribution in [0.4, 0.5) is 0 Å². The van der Waals surface area contributed by atoms with Crippen molar-refractivity contribution in [1.82, 2.24) is 4.90 Å². The summed E-state index contributed by atoms with van der Waals surface area (Å²) in [5.41, 5.74) is 7.08. The highest BCUT2D eigenvalue weighted by atomic mass is 16.1. The number of nitrogens with zero attached hydrogens (tertiary/aromatic N) is 1. The van der Waals surface area contributed by atoms with Gasteiger partial charge in [-0.25, -0.2) is 0 Å². The summed E-state index contributed by atoms with van der Waals surface area (Å²) in [7, 11) is 0. The van der Waals surface area contributed by atoms with Gasteiger partial charge in [0.2, 0.25) is 5.91 Å². The van der Waals surface area contributed by atoms with Crippen LogP contribution in [0.3, 0.4) is 0 Å². The lowest BCUT2D eigenvalue weighted by molar-refractivity contribution is 0.0993. The summed E-state index contributed by atoms with van der Waals surface area (Å²) >= 11 is 0. The summed E-state index contributed by atoms with van der Waals surface area (Å²) in [6.07, 6.45) is 0. The van der Waals surface area contributed by atoms with Crippen LogP contribution in [0.15, 0.2) is 24.3 Å². The van der Waals surface area contributed by atoms with Crippen LogP contribution in [0.2, 0.25) is 0 Å². The van der Waals surface area contributed by atoms with Crippen molar-refractivity contribution in [3.63, 3.8) is 0 Å². The molecule has 0 aliphatic heterocycles. The highest BCUT2D eigenvalue weighted by Gasteiger charge is 2.21. The lowest BCUT2D eigenvalue weighted by Gasteiger charge is -2.35. The second-order valence-corrected chi connectivity index (χ2v) is 5.21. The highest BCUT2D eigenvalue weighted by Crippen LogP contribution is 2.18. The first-order valence-electron chi connectivity index (χ1n) is 5.99. The van der Waals surface area contributed by atoms with Gasteiger partial charge in [0.15, 0.2) is 0 Å². The number of primary amides is 1. The van der Waals surface area contributed by atoms with Crippen molar-refractivity contribution in [2.45, 2.75) is 39.8 Å². The standard InChI is InChI=1S/C14H22N2O/c1-5-16(14(2,3)4)10-11-8-6-7-9-12(11)13(15)17/h6-9H,5,10H2,1-4H3,(H2,15,17). The van der Waals surface area contributed by atoms with E-state index in [1.807, 2.05) is 18.2 Å². The molecule has 0 atom stereocenters. The molecule has 17 heavy (non-hydrogen) atoms. The van der Waals surface area contributed by atoms with Crippen molar-refractivity contribution in [3.8, 4) is 0 Å². The van der Waals surface area contributed by atoms with Crippen LogP contribution in [0, 0.1) is 0 Å². The van der Waals surface area contributed by atoms with E-state index in [-0.39, 0.29) is 11.4 Å². The molecule has 0 aromatic heterocycles. The first-order valence-corrected chi connectivity index (χ1v) is 5.99. The summed E-state index contributed by atoms with van der Waals surface area (Å²) in [6, 6.07) is 7.54. The minimum atomic E-state index is -0.356. The van der Waals surface area contributed by atoms with Crippen molar-refractivity contribution in [2.75, 3.05) is 6.54 Å². The average molecular weight is 234 g/mol. The van der Waals surface area contributed by atoms with E-state index < -0.39 is 0 Å². The number of hydrogen-bond donors (Lipinski definition) is 1. The molecule has 3 nitrogen and oxygen atoms in total. The molecule has 1 aromatic rings. The monoisotopic (exact) mass is 234 g/mol. The van der Waals surface area contributed by atoms with E-state index in [4.69, 9.17) is 5.73 Å². The number of nitrogens with two attached hydrogens (primary N) is 1. The van der Waals surface area contributed by atoms with Crippen LogP contribution in [-0.4, -0.2) is 22.9 Å². The lowest BCUT2D eigenvalue weighted by Crippen LogP contribution is -2.40. The van der Waals surface area contributed by atoms with Gasteiger partial charge in [0.1, 0.15) is 0 Å². The van der Waals surface area contributed by atoms with E-state index in [1.165, 1.54) is 0 Å². The second-order valence-electron chi connectivity index (χ2n) is 5.21. The number of benzene rings is 1. The lowest BCUT2D eigenvalue weighted by atomic mass is 10.0. The molecule has 1 amide bonds. The predicted octanol–water partition coefficient (Wildman–Crippen LogP) is 2.41. The first-order chi connectivity index (χ1) is 7.86. The van der Waals surface area contributed by atoms with E-state index in [9.17, 15) is 4.79 Å². The van der Waals surface area contributed by atoms with Gasteiger partial charge in [-0.1, -0.05) is 25.1 Å². The highest BCUT2D eigenvalue weighted by molar-refractivity contribution is 5.94. The van der Waals surface area contributed by atoms with E-state index in [0.29, 0.717) is 5.56 Å². The van der Waals surface area contributed by atoms with Crippen molar-refractivity contribution < 1.29 is 4.79 Å². The normalized spacial score (nSPS) is 11.8. The van der Waals surface area contributed by atoms with Gasteiger partial charge < -0.3 is 5.73 Å². The number of carbonyl (C=O) groups is 1. The van der Waals surface area contributed by atoms with Gasteiger partial charge in [-0.15, -0.1) is 0 Å². The minimum absolute atomic E-state index is 0.0828. The van der Waals surface area contributed by atoms with Crippen molar-refractivity contribution >= 4 is 5.91 Å². The molecule has 0 bridgehead atoms. The Morgan fingerprint density at radius 2 is 1.88 bits per heavy atom. The quantitative estimate of drug-likeness (QED) is 0.869. The van der Waals surface area contributed by atoms with E-state index in [1.54, 1.807) is 6.07 Å². The fourth-order valence-corrected chi connectivity index (χ4v) is 1.93. The molecule has 0 heterocycles. The SMILES string of the molecule is CCN(Cc1ccccc1C(N)=O)C(C)(C)C.